The molecule has 1 heterocycles. The van der Waals surface area contributed by atoms with E-state index in [1.165, 1.54) is 64.3 Å². The molecule has 2 nitrogen and oxygen atoms in total. The summed E-state index contributed by atoms with van der Waals surface area (Å²) in [4.78, 5) is 2.82. The lowest BCUT2D eigenvalue weighted by molar-refractivity contribution is 0.0695. The molecule has 2 heteroatoms. The first-order valence-corrected chi connectivity index (χ1v) is 8.72. The topological polar surface area (TPSA) is 29.3 Å². The van der Waals surface area contributed by atoms with Crippen LogP contribution in [0.1, 0.15) is 71.6 Å². The predicted molar refractivity (Wildman–Crippen MR) is 83.2 cm³/mol. The van der Waals surface area contributed by atoms with Crippen molar-refractivity contribution in [3.05, 3.63) is 0 Å². The van der Waals surface area contributed by atoms with Crippen molar-refractivity contribution in [1.29, 1.82) is 0 Å². The molecule has 0 aromatic carbocycles. The van der Waals surface area contributed by atoms with E-state index in [2.05, 4.69) is 18.7 Å². The second-order valence-corrected chi connectivity index (χ2v) is 6.98. The van der Waals surface area contributed by atoms with Gasteiger partial charge < -0.3 is 5.73 Å². The Kier molecular flexibility index (Phi) is 6.15. The van der Waals surface area contributed by atoms with Gasteiger partial charge in [0.15, 0.2) is 0 Å². The van der Waals surface area contributed by atoms with E-state index in [4.69, 9.17) is 5.73 Å². The molecule has 112 valence electrons. The summed E-state index contributed by atoms with van der Waals surface area (Å²) in [5.41, 5.74) is 6.21. The van der Waals surface area contributed by atoms with Crippen LogP contribution in [0.2, 0.25) is 0 Å². The number of rotatable bonds is 4. The van der Waals surface area contributed by atoms with Crippen molar-refractivity contribution in [2.24, 2.45) is 17.6 Å². The van der Waals surface area contributed by atoms with Crippen LogP contribution in [-0.2, 0) is 0 Å². The summed E-state index contributed by atoms with van der Waals surface area (Å²) in [5.74, 6) is 1.78. The van der Waals surface area contributed by atoms with Gasteiger partial charge in [-0.25, -0.2) is 0 Å². The lowest BCUT2D eigenvalue weighted by Gasteiger charge is -2.43. The maximum Gasteiger partial charge on any atom is 0.0249 e. The van der Waals surface area contributed by atoms with Crippen molar-refractivity contribution in [2.45, 2.75) is 83.7 Å². The van der Waals surface area contributed by atoms with E-state index in [0.29, 0.717) is 6.04 Å². The summed E-state index contributed by atoms with van der Waals surface area (Å²) in [6.07, 6.45) is 12.6. The van der Waals surface area contributed by atoms with Crippen molar-refractivity contribution >= 4 is 0 Å². The second kappa shape index (κ2) is 7.64. The second-order valence-electron chi connectivity index (χ2n) is 6.98. The van der Waals surface area contributed by atoms with E-state index in [0.717, 1.165) is 24.4 Å². The van der Waals surface area contributed by atoms with Crippen LogP contribution in [-0.4, -0.2) is 30.1 Å². The highest BCUT2D eigenvalue weighted by Gasteiger charge is 2.33. The molecule has 0 amide bonds. The van der Waals surface area contributed by atoms with Crippen molar-refractivity contribution in [2.75, 3.05) is 13.1 Å². The highest BCUT2D eigenvalue weighted by atomic mass is 15.2. The van der Waals surface area contributed by atoms with Gasteiger partial charge in [0.2, 0.25) is 0 Å². The maximum absolute atomic E-state index is 6.21. The third kappa shape index (κ3) is 3.95. The summed E-state index contributed by atoms with van der Waals surface area (Å²) in [7, 11) is 0. The fourth-order valence-electron chi connectivity index (χ4n) is 4.50. The van der Waals surface area contributed by atoms with Gasteiger partial charge in [0.25, 0.3) is 0 Å². The largest absolute Gasteiger partial charge is 0.329 e. The molecule has 0 spiro atoms. The van der Waals surface area contributed by atoms with Gasteiger partial charge >= 0.3 is 0 Å². The van der Waals surface area contributed by atoms with E-state index in [9.17, 15) is 0 Å². The minimum Gasteiger partial charge on any atom is -0.329 e. The molecule has 1 aliphatic heterocycles. The fourth-order valence-corrected chi connectivity index (χ4v) is 4.50. The summed E-state index contributed by atoms with van der Waals surface area (Å²) < 4.78 is 0. The molecule has 4 atom stereocenters. The van der Waals surface area contributed by atoms with Crippen LogP contribution >= 0.6 is 0 Å². The Balaban J connectivity index is 2.04. The fraction of sp³-hybridized carbons (Fsp3) is 1.00. The van der Waals surface area contributed by atoms with Crippen molar-refractivity contribution in [3.63, 3.8) is 0 Å². The predicted octanol–water partition coefficient (Wildman–Crippen LogP) is 3.79. The minimum absolute atomic E-state index is 0.658. The highest BCUT2D eigenvalue weighted by Crippen LogP contribution is 2.34. The van der Waals surface area contributed by atoms with Crippen LogP contribution in [0.3, 0.4) is 0 Å². The summed E-state index contributed by atoms with van der Waals surface area (Å²) >= 11 is 0. The van der Waals surface area contributed by atoms with Crippen LogP contribution in [0.4, 0.5) is 0 Å². The Morgan fingerprint density at radius 3 is 2.63 bits per heavy atom. The van der Waals surface area contributed by atoms with Gasteiger partial charge in [-0.2, -0.15) is 0 Å². The van der Waals surface area contributed by atoms with Gasteiger partial charge in [0.05, 0.1) is 0 Å². The molecule has 0 radical (unpaired) electrons. The monoisotopic (exact) mass is 266 g/mol. The van der Waals surface area contributed by atoms with Gasteiger partial charge in [0, 0.05) is 18.6 Å². The van der Waals surface area contributed by atoms with E-state index < -0.39 is 0 Å². The molecule has 0 aromatic heterocycles. The van der Waals surface area contributed by atoms with Gasteiger partial charge in [-0.1, -0.05) is 39.5 Å². The normalized spacial score (nSPS) is 35.8. The number of nitrogens with two attached hydrogens (primary N) is 1. The van der Waals surface area contributed by atoms with E-state index in [-0.39, 0.29) is 0 Å². The molecular formula is C17H34N2. The zero-order valence-corrected chi connectivity index (χ0v) is 13.1. The average molecular weight is 266 g/mol. The Hall–Kier alpha value is -0.0800. The van der Waals surface area contributed by atoms with E-state index >= 15 is 0 Å². The smallest absolute Gasteiger partial charge is 0.0249 e. The lowest BCUT2D eigenvalue weighted by Crippen LogP contribution is -2.51. The zero-order valence-electron chi connectivity index (χ0n) is 13.1. The van der Waals surface area contributed by atoms with Crippen LogP contribution < -0.4 is 5.73 Å². The summed E-state index contributed by atoms with van der Waals surface area (Å²) in [5, 5.41) is 0. The number of likely N-dealkylation sites (tertiary alicyclic amines) is 1. The first-order chi connectivity index (χ1) is 9.26. The quantitative estimate of drug-likeness (QED) is 0.838. The molecule has 0 bridgehead atoms. The standard InChI is InChI=1S/C17H34N2/c1-3-16-10-5-4-6-11-19(16)17(13-18)15-9-7-8-14(2)12-15/h14-17H,3-13,18H2,1-2H3. The minimum atomic E-state index is 0.658. The molecular weight excluding hydrogens is 232 g/mol. The SMILES string of the molecule is CCC1CCCCCN1C(CN)C1CCCC(C)C1. The van der Waals surface area contributed by atoms with Crippen LogP contribution in [0.25, 0.3) is 0 Å². The van der Waals surface area contributed by atoms with Crippen molar-refractivity contribution < 1.29 is 0 Å². The van der Waals surface area contributed by atoms with Gasteiger partial charge in [-0.15, -0.1) is 0 Å². The summed E-state index contributed by atoms with van der Waals surface area (Å²) in [6, 6.07) is 1.46. The van der Waals surface area contributed by atoms with E-state index in [1.807, 2.05) is 0 Å². The van der Waals surface area contributed by atoms with E-state index in [1.54, 1.807) is 0 Å². The Morgan fingerprint density at radius 2 is 1.95 bits per heavy atom. The molecule has 2 rings (SSSR count). The average Bonchev–Trinajstić information content (AvgIpc) is 2.65. The Bertz CT molecular complexity index is 254. The zero-order chi connectivity index (χ0) is 13.7. The van der Waals surface area contributed by atoms with Crippen molar-refractivity contribution in [3.8, 4) is 0 Å². The first-order valence-electron chi connectivity index (χ1n) is 8.72. The highest BCUT2D eigenvalue weighted by molar-refractivity contribution is 4.88. The molecule has 2 aliphatic rings. The van der Waals surface area contributed by atoms with Gasteiger partial charge in [-0.05, 0) is 50.5 Å². The van der Waals surface area contributed by atoms with Crippen molar-refractivity contribution in [1.82, 2.24) is 4.90 Å². The first kappa shape index (κ1) is 15.3. The molecule has 1 aliphatic carbocycles. The number of hydrogen-bond donors (Lipinski definition) is 1. The maximum atomic E-state index is 6.21. The van der Waals surface area contributed by atoms with Crippen LogP contribution in [0.5, 0.6) is 0 Å². The molecule has 1 saturated carbocycles. The van der Waals surface area contributed by atoms with Crippen LogP contribution in [0.15, 0.2) is 0 Å². The van der Waals surface area contributed by atoms with Gasteiger partial charge in [-0.3, -0.25) is 4.90 Å². The molecule has 19 heavy (non-hydrogen) atoms. The Labute approximate surface area is 120 Å². The molecule has 0 aromatic rings. The Morgan fingerprint density at radius 1 is 1.11 bits per heavy atom. The third-order valence-corrected chi connectivity index (χ3v) is 5.58. The van der Waals surface area contributed by atoms with Gasteiger partial charge in [0.1, 0.15) is 0 Å². The van der Waals surface area contributed by atoms with Crippen LogP contribution in [0, 0.1) is 11.8 Å². The third-order valence-electron chi connectivity index (χ3n) is 5.58. The molecule has 4 unspecified atom stereocenters. The molecule has 2 N–H and O–H groups in total. The lowest BCUT2D eigenvalue weighted by atomic mass is 9.77. The molecule has 2 fully saturated rings. The molecule has 1 saturated heterocycles. The number of hydrogen-bond acceptors (Lipinski definition) is 2. The number of nitrogens with zero attached hydrogens (tertiary/aromatic N) is 1. The summed E-state index contributed by atoms with van der Waals surface area (Å²) in [6.45, 7) is 6.96.